The fraction of sp³-hybridized carbons (Fsp3) is 0.125. The van der Waals surface area contributed by atoms with Crippen LogP contribution >= 0.6 is 0 Å². The Morgan fingerprint density at radius 3 is 2.45 bits per heavy atom. The molecule has 2 aromatic rings. The standard InChI is InChI=1S/C16H15NO5/c1-21-12-5-3-4-10(8-12)15(19)17-13-7-6-11(9-14(13)18)16(20)22-2/h3-9,18H,1-2H3,(H,17,19). The highest BCUT2D eigenvalue weighted by Crippen LogP contribution is 2.25. The van der Waals surface area contributed by atoms with Gasteiger partial charge in [-0.15, -0.1) is 0 Å². The quantitative estimate of drug-likeness (QED) is 0.669. The fourth-order valence-electron chi connectivity index (χ4n) is 1.84. The number of aromatic hydroxyl groups is 1. The lowest BCUT2D eigenvalue weighted by molar-refractivity contribution is 0.0600. The van der Waals surface area contributed by atoms with Crippen molar-refractivity contribution in [1.82, 2.24) is 0 Å². The van der Waals surface area contributed by atoms with Crippen LogP contribution in [0.1, 0.15) is 20.7 Å². The topological polar surface area (TPSA) is 84.9 Å². The molecular formula is C16H15NO5. The lowest BCUT2D eigenvalue weighted by Crippen LogP contribution is -2.12. The molecule has 0 bridgehead atoms. The second-order valence-corrected chi connectivity index (χ2v) is 4.41. The molecule has 0 heterocycles. The summed E-state index contributed by atoms with van der Waals surface area (Å²) in [6, 6.07) is 10.7. The van der Waals surface area contributed by atoms with Gasteiger partial charge in [0.1, 0.15) is 11.5 Å². The summed E-state index contributed by atoms with van der Waals surface area (Å²) in [5, 5.41) is 12.5. The van der Waals surface area contributed by atoms with Gasteiger partial charge in [-0.05, 0) is 36.4 Å². The number of phenolic OH excluding ortho intramolecular Hbond substituents is 1. The molecule has 6 heteroatoms. The van der Waals surface area contributed by atoms with Crippen molar-refractivity contribution in [3.05, 3.63) is 53.6 Å². The zero-order valence-corrected chi connectivity index (χ0v) is 12.1. The molecule has 22 heavy (non-hydrogen) atoms. The van der Waals surface area contributed by atoms with Crippen LogP contribution in [0.5, 0.6) is 11.5 Å². The maximum atomic E-state index is 12.1. The first-order valence-corrected chi connectivity index (χ1v) is 6.42. The van der Waals surface area contributed by atoms with Crippen molar-refractivity contribution in [2.75, 3.05) is 19.5 Å². The molecule has 114 valence electrons. The Kier molecular flexibility index (Phi) is 4.63. The van der Waals surface area contributed by atoms with E-state index in [-0.39, 0.29) is 17.0 Å². The molecule has 0 atom stereocenters. The summed E-state index contributed by atoms with van der Waals surface area (Å²) in [7, 11) is 2.76. The third-order valence-electron chi connectivity index (χ3n) is 3.00. The van der Waals surface area contributed by atoms with Gasteiger partial charge in [0.2, 0.25) is 0 Å². The van der Waals surface area contributed by atoms with E-state index in [2.05, 4.69) is 10.1 Å². The van der Waals surface area contributed by atoms with Crippen molar-refractivity contribution in [3.63, 3.8) is 0 Å². The number of hydrogen-bond donors (Lipinski definition) is 2. The normalized spacial score (nSPS) is 9.91. The minimum atomic E-state index is -0.569. The van der Waals surface area contributed by atoms with E-state index in [4.69, 9.17) is 4.74 Å². The predicted octanol–water partition coefficient (Wildman–Crippen LogP) is 2.44. The number of methoxy groups -OCH3 is 2. The minimum absolute atomic E-state index is 0.194. The number of carbonyl (C=O) groups is 2. The Balaban J connectivity index is 2.19. The minimum Gasteiger partial charge on any atom is -0.506 e. The van der Waals surface area contributed by atoms with E-state index in [0.717, 1.165) is 0 Å². The Morgan fingerprint density at radius 2 is 1.82 bits per heavy atom. The SMILES string of the molecule is COC(=O)c1ccc(NC(=O)c2cccc(OC)c2)c(O)c1. The zero-order chi connectivity index (χ0) is 16.1. The summed E-state index contributed by atoms with van der Waals surface area (Å²) in [4.78, 5) is 23.5. The molecular weight excluding hydrogens is 286 g/mol. The summed E-state index contributed by atoms with van der Waals surface area (Å²) >= 11 is 0. The molecule has 0 unspecified atom stereocenters. The molecule has 2 rings (SSSR count). The first-order chi connectivity index (χ1) is 10.5. The number of rotatable bonds is 4. The van der Waals surface area contributed by atoms with E-state index in [0.29, 0.717) is 11.3 Å². The molecule has 0 saturated heterocycles. The molecule has 0 aromatic heterocycles. The molecule has 0 aliphatic heterocycles. The van der Waals surface area contributed by atoms with Gasteiger partial charge in [0.05, 0.1) is 25.5 Å². The number of hydrogen-bond acceptors (Lipinski definition) is 5. The molecule has 2 N–H and O–H groups in total. The summed E-state index contributed by atoms with van der Waals surface area (Å²) in [5.41, 5.74) is 0.774. The number of carbonyl (C=O) groups excluding carboxylic acids is 2. The smallest absolute Gasteiger partial charge is 0.337 e. The van der Waals surface area contributed by atoms with Crippen molar-refractivity contribution >= 4 is 17.6 Å². The molecule has 0 saturated carbocycles. The van der Waals surface area contributed by atoms with Crippen LogP contribution in [0, 0.1) is 0 Å². The van der Waals surface area contributed by atoms with Crippen molar-refractivity contribution in [2.45, 2.75) is 0 Å². The van der Waals surface area contributed by atoms with Gasteiger partial charge in [-0.2, -0.15) is 0 Å². The van der Waals surface area contributed by atoms with Gasteiger partial charge in [-0.3, -0.25) is 4.79 Å². The average molecular weight is 301 g/mol. The first-order valence-electron chi connectivity index (χ1n) is 6.42. The monoisotopic (exact) mass is 301 g/mol. The number of ether oxygens (including phenoxy) is 2. The van der Waals surface area contributed by atoms with Gasteiger partial charge in [0.15, 0.2) is 0 Å². The van der Waals surface area contributed by atoms with Crippen LogP contribution in [0.25, 0.3) is 0 Å². The third-order valence-corrected chi connectivity index (χ3v) is 3.00. The molecule has 0 radical (unpaired) electrons. The van der Waals surface area contributed by atoms with Crippen LogP contribution < -0.4 is 10.1 Å². The predicted molar refractivity (Wildman–Crippen MR) is 80.4 cm³/mol. The molecule has 1 amide bonds. The number of phenols is 1. The van der Waals surface area contributed by atoms with Crippen LogP contribution in [0.4, 0.5) is 5.69 Å². The first kappa shape index (κ1) is 15.4. The molecule has 2 aromatic carbocycles. The largest absolute Gasteiger partial charge is 0.506 e. The van der Waals surface area contributed by atoms with Gasteiger partial charge >= 0.3 is 5.97 Å². The van der Waals surface area contributed by atoms with Gasteiger partial charge in [-0.1, -0.05) is 6.07 Å². The fourth-order valence-corrected chi connectivity index (χ4v) is 1.84. The Hall–Kier alpha value is -3.02. The molecule has 0 spiro atoms. The van der Waals surface area contributed by atoms with Gasteiger partial charge < -0.3 is 19.9 Å². The van der Waals surface area contributed by atoms with E-state index in [1.807, 2.05) is 0 Å². The van der Waals surface area contributed by atoms with E-state index in [1.54, 1.807) is 24.3 Å². The van der Waals surface area contributed by atoms with Crippen LogP contribution in [-0.4, -0.2) is 31.2 Å². The van der Waals surface area contributed by atoms with Crippen LogP contribution in [-0.2, 0) is 4.74 Å². The van der Waals surface area contributed by atoms with Crippen LogP contribution in [0.15, 0.2) is 42.5 Å². The summed E-state index contributed by atoms with van der Waals surface area (Å²) in [5.74, 6) is -0.641. The third kappa shape index (κ3) is 3.35. The van der Waals surface area contributed by atoms with Gasteiger partial charge in [0.25, 0.3) is 5.91 Å². The van der Waals surface area contributed by atoms with Crippen molar-refractivity contribution in [3.8, 4) is 11.5 Å². The van der Waals surface area contributed by atoms with Crippen molar-refractivity contribution in [1.29, 1.82) is 0 Å². The van der Waals surface area contributed by atoms with E-state index < -0.39 is 11.9 Å². The number of amides is 1. The van der Waals surface area contributed by atoms with Crippen molar-refractivity contribution < 1.29 is 24.2 Å². The van der Waals surface area contributed by atoms with Crippen molar-refractivity contribution in [2.24, 2.45) is 0 Å². The number of nitrogens with one attached hydrogen (secondary N) is 1. The van der Waals surface area contributed by atoms with E-state index in [1.165, 1.54) is 32.4 Å². The maximum Gasteiger partial charge on any atom is 0.337 e. The highest BCUT2D eigenvalue weighted by Gasteiger charge is 2.12. The zero-order valence-electron chi connectivity index (χ0n) is 12.1. The van der Waals surface area contributed by atoms with Gasteiger partial charge in [-0.25, -0.2) is 4.79 Å². The van der Waals surface area contributed by atoms with Crippen LogP contribution in [0.2, 0.25) is 0 Å². The summed E-state index contributed by atoms with van der Waals surface area (Å²) < 4.78 is 9.61. The number of anilines is 1. The lowest BCUT2D eigenvalue weighted by atomic mass is 10.1. The Morgan fingerprint density at radius 1 is 1.05 bits per heavy atom. The highest BCUT2D eigenvalue weighted by atomic mass is 16.5. The molecule has 0 aliphatic carbocycles. The number of benzene rings is 2. The molecule has 0 aliphatic rings. The lowest BCUT2D eigenvalue weighted by Gasteiger charge is -2.09. The maximum absolute atomic E-state index is 12.1. The second kappa shape index (κ2) is 6.62. The Labute approximate surface area is 127 Å². The summed E-state index contributed by atoms with van der Waals surface area (Å²) in [6.07, 6.45) is 0. The van der Waals surface area contributed by atoms with E-state index >= 15 is 0 Å². The Bertz CT molecular complexity index is 711. The van der Waals surface area contributed by atoms with E-state index in [9.17, 15) is 14.7 Å². The molecule has 6 nitrogen and oxygen atoms in total. The summed E-state index contributed by atoms with van der Waals surface area (Å²) in [6.45, 7) is 0. The molecule has 0 fully saturated rings. The van der Waals surface area contributed by atoms with Crippen LogP contribution in [0.3, 0.4) is 0 Å². The average Bonchev–Trinajstić information content (AvgIpc) is 2.55. The number of esters is 1. The highest BCUT2D eigenvalue weighted by molar-refractivity contribution is 6.05. The second-order valence-electron chi connectivity index (χ2n) is 4.41. The van der Waals surface area contributed by atoms with Gasteiger partial charge in [0, 0.05) is 5.56 Å².